The number of methoxy groups -OCH3 is 1. The Labute approximate surface area is 177 Å². The van der Waals surface area contributed by atoms with Crippen molar-refractivity contribution in [2.24, 2.45) is 0 Å². The quantitative estimate of drug-likeness (QED) is 0.572. The summed E-state index contributed by atoms with van der Waals surface area (Å²) < 4.78 is 5.14. The highest BCUT2D eigenvalue weighted by Gasteiger charge is 2.16. The summed E-state index contributed by atoms with van der Waals surface area (Å²) in [4.78, 5) is 13.6. The van der Waals surface area contributed by atoms with E-state index in [1.54, 1.807) is 19.2 Å². The lowest BCUT2D eigenvalue weighted by atomic mass is 10.1. The van der Waals surface area contributed by atoms with E-state index in [4.69, 9.17) is 27.9 Å². The van der Waals surface area contributed by atoms with E-state index in [1.165, 1.54) is 17.8 Å². The van der Waals surface area contributed by atoms with Crippen molar-refractivity contribution >= 4 is 40.9 Å². The fourth-order valence-corrected chi connectivity index (χ4v) is 3.53. The van der Waals surface area contributed by atoms with Gasteiger partial charge < -0.3 is 10.1 Å². The van der Waals surface area contributed by atoms with Gasteiger partial charge in [0.2, 0.25) is 0 Å². The fraction of sp³-hybridized carbons (Fsp3) is 0.150. The molecule has 3 aromatic rings. The van der Waals surface area contributed by atoms with Crippen LogP contribution in [0.25, 0.3) is 0 Å². The largest absolute Gasteiger partial charge is 0.497 e. The molecular weight excluding hydrogens is 417 g/mol. The molecule has 0 saturated carbocycles. The van der Waals surface area contributed by atoms with Gasteiger partial charge in [-0.2, -0.15) is 0 Å². The molecule has 0 unspecified atom stereocenters. The van der Waals surface area contributed by atoms with E-state index in [-0.39, 0.29) is 11.1 Å². The smallest absolute Gasteiger partial charge is 0.254 e. The highest BCUT2D eigenvalue weighted by Crippen LogP contribution is 2.30. The Kier molecular flexibility index (Phi) is 7.14. The number of nitrogens with zero attached hydrogens (tertiary/aromatic N) is 2. The second-order valence-electron chi connectivity index (χ2n) is 5.80. The Bertz CT molecular complexity index is 951. The molecule has 0 aliphatic rings. The predicted octanol–water partition coefficient (Wildman–Crippen LogP) is 4.92. The van der Waals surface area contributed by atoms with E-state index in [0.717, 1.165) is 16.2 Å². The monoisotopic (exact) mass is 433 g/mol. The highest BCUT2D eigenvalue weighted by molar-refractivity contribution is 7.99. The molecule has 0 radical (unpaired) electrons. The second-order valence-corrected chi connectivity index (χ2v) is 7.68. The normalized spacial score (nSPS) is 10.5. The van der Waals surface area contributed by atoms with Crippen LogP contribution in [-0.4, -0.2) is 29.8 Å². The van der Waals surface area contributed by atoms with Crippen molar-refractivity contribution in [3.8, 4) is 5.75 Å². The Morgan fingerprint density at radius 3 is 2.46 bits per heavy atom. The second kappa shape index (κ2) is 9.78. The first-order valence-corrected chi connectivity index (χ1v) is 10.00. The molecule has 0 fully saturated rings. The Hall–Kier alpha value is -2.28. The van der Waals surface area contributed by atoms with Gasteiger partial charge in [-0.15, -0.1) is 10.2 Å². The van der Waals surface area contributed by atoms with Gasteiger partial charge in [-0.3, -0.25) is 4.79 Å². The van der Waals surface area contributed by atoms with Crippen LogP contribution in [0.4, 0.5) is 0 Å². The first-order chi connectivity index (χ1) is 13.5. The summed E-state index contributed by atoms with van der Waals surface area (Å²) in [5.41, 5.74) is 1.48. The van der Waals surface area contributed by atoms with E-state index in [9.17, 15) is 4.79 Å². The van der Waals surface area contributed by atoms with Gasteiger partial charge in [0.25, 0.3) is 5.91 Å². The number of carbonyl (C=O) groups excluding carboxylic acids is 1. The topological polar surface area (TPSA) is 64.1 Å². The molecule has 144 valence electrons. The standard InChI is InChI=1S/C20H17Cl2N3O2S/c1-27-15-6-2-13(3-7-15)10-11-23-19(26)17-12-18(22)24-25-20(17)28-16-8-4-14(21)5-9-16/h2-9,12H,10-11H2,1H3,(H,23,26). The lowest BCUT2D eigenvalue weighted by Gasteiger charge is -2.09. The molecule has 0 atom stereocenters. The van der Waals surface area contributed by atoms with Gasteiger partial charge in [-0.05, 0) is 54.4 Å². The number of halogens is 2. The Balaban J connectivity index is 1.66. The minimum atomic E-state index is -0.248. The fourth-order valence-electron chi connectivity index (χ4n) is 2.42. The number of hydrogen-bond acceptors (Lipinski definition) is 5. The van der Waals surface area contributed by atoms with E-state index in [1.807, 2.05) is 36.4 Å². The van der Waals surface area contributed by atoms with Crippen LogP contribution in [-0.2, 0) is 6.42 Å². The molecule has 8 heteroatoms. The molecule has 1 heterocycles. The number of hydrogen-bond donors (Lipinski definition) is 1. The lowest BCUT2D eigenvalue weighted by Crippen LogP contribution is -2.26. The van der Waals surface area contributed by atoms with Crippen LogP contribution in [0, 0.1) is 0 Å². The summed E-state index contributed by atoms with van der Waals surface area (Å²) in [7, 11) is 1.63. The number of nitrogens with one attached hydrogen (secondary N) is 1. The summed E-state index contributed by atoms with van der Waals surface area (Å²) in [5, 5.41) is 12.1. The number of benzene rings is 2. The highest BCUT2D eigenvalue weighted by atomic mass is 35.5. The maximum absolute atomic E-state index is 12.7. The van der Waals surface area contributed by atoms with Gasteiger partial charge in [0.15, 0.2) is 5.15 Å². The molecule has 2 aromatic carbocycles. The van der Waals surface area contributed by atoms with Crippen LogP contribution < -0.4 is 10.1 Å². The molecule has 0 spiro atoms. The van der Waals surface area contributed by atoms with Crippen LogP contribution in [0.15, 0.2) is 64.5 Å². The number of carbonyl (C=O) groups is 1. The summed E-state index contributed by atoms with van der Waals surface area (Å²) in [6, 6.07) is 16.5. The van der Waals surface area contributed by atoms with Crippen molar-refractivity contribution in [3.63, 3.8) is 0 Å². The Morgan fingerprint density at radius 1 is 1.07 bits per heavy atom. The third-order valence-electron chi connectivity index (χ3n) is 3.86. The third-order valence-corrected chi connectivity index (χ3v) is 5.30. The maximum Gasteiger partial charge on any atom is 0.254 e. The van der Waals surface area contributed by atoms with Crippen molar-refractivity contribution in [2.45, 2.75) is 16.3 Å². The van der Waals surface area contributed by atoms with Crippen LogP contribution >= 0.6 is 35.0 Å². The summed E-state index contributed by atoms with van der Waals surface area (Å²) in [5.74, 6) is 0.552. The van der Waals surface area contributed by atoms with Gasteiger partial charge >= 0.3 is 0 Å². The Morgan fingerprint density at radius 2 is 1.79 bits per heavy atom. The SMILES string of the molecule is COc1ccc(CCNC(=O)c2cc(Cl)nnc2Sc2ccc(Cl)cc2)cc1. The van der Waals surface area contributed by atoms with Crippen molar-refractivity contribution < 1.29 is 9.53 Å². The summed E-state index contributed by atoms with van der Waals surface area (Å²) >= 11 is 13.2. The van der Waals surface area contributed by atoms with Gasteiger partial charge in [0.05, 0.1) is 12.7 Å². The molecule has 1 aromatic heterocycles. The first-order valence-electron chi connectivity index (χ1n) is 8.43. The van der Waals surface area contributed by atoms with E-state index in [0.29, 0.717) is 28.6 Å². The molecular formula is C20H17Cl2N3O2S. The van der Waals surface area contributed by atoms with Gasteiger partial charge in [0, 0.05) is 16.5 Å². The molecule has 5 nitrogen and oxygen atoms in total. The molecule has 3 rings (SSSR count). The molecule has 1 N–H and O–H groups in total. The van der Waals surface area contributed by atoms with Gasteiger partial charge in [-0.25, -0.2) is 0 Å². The van der Waals surface area contributed by atoms with Crippen molar-refractivity contribution in [3.05, 3.63) is 75.9 Å². The summed E-state index contributed by atoms with van der Waals surface area (Å²) in [6.07, 6.45) is 0.696. The minimum Gasteiger partial charge on any atom is -0.497 e. The first kappa shape index (κ1) is 20.5. The lowest BCUT2D eigenvalue weighted by molar-refractivity contribution is 0.0950. The zero-order valence-electron chi connectivity index (χ0n) is 15.0. The minimum absolute atomic E-state index is 0.167. The van der Waals surface area contributed by atoms with Gasteiger partial charge in [0.1, 0.15) is 10.8 Å². The van der Waals surface area contributed by atoms with E-state index >= 15 is 0 Å². The molecule has 1 amide bonds. The van der Waals surface area contributed by atoms with Crippen LogP contribution in [0.3, 0.4) is 0 Å². The molecule has 0 bridgehead atoms. The summed E-state index contributed by atoms with van der Waals surface area (Å²) in [6.45, 7) is 0.482. The van der Waals surface area contributed by atoms with Crippen molar-refractivity contribution in [1.82, 2.24) is 15.5 Å². The zero-order chi connectivity index (χ0) is 19.9. The van der Waals surface area contributed by atoms with E-state index < -0.39 is 0 Å². The van der Waals surface area contributed by atoms with E-state index in [2.05, 4.69) is 15.5 Å². The van der Waals surface area contributed by atoms with Crippen molar-refractivity contribution in [2.75, 3.05) is 13.7 Å². The number of rotatable bonds is 7. The zero-order valence-corrected chi connectivity index (χ0v) is 17.3. The average molecular weight is 434 g/mol. The van der Waals surface area contributed by atoms with Crippen LogP contribution in [0.5, 0.6) is 5.75 Å². The number of ether oxygens (including phenoxy) is 1. The average Bonchev–Trinajstić information content (AvgIpc) is 2.71. The van der Waals surface area contributed by atoms with Gasteiger partial charge in [-0.1, -0.05) is 47.1 Å². The number of aromatic nitrogens is 2. The molecule has 0 saturated heterocycles. The third kappa shape index (κ3) is 5.61. The molecule has 0 aliphatic carbocycles. The van der Waals surface area contributed by atoms with Crippen LogP contribution in [0.2, 0.25) is 10.2 Å². The molecule has 0 aliphatic heterocycles. The number of amides is 1. The van der Waals surface area contributed by atoms with Crippen LogP contribution in [0.1, 0.15) is 15.9 Å². The predicted molar refractivity (Wildman–Crippen MR) is 112 cm³/mol. The van der Waals surface area contributed by atoms with Crippen molar-refractivity contribution in [1.29, 1.82) is 0 Å². The maximum atomic E-state index is 12.7. The molecule has 28 heavy (non-hydrogen) atoms.